The molecule has 0 radical (unpaired) electrons. The Bertz CT molecular complexity index is 499. The molecule has 1 saturated carbocycles. The molecule has 7 nitrogen and oxygen atoms in total. The Hall–Kier alpha value is -1.39. The highest BCUT2D eigenvalue weighted by molar-refractivity contribution is 5.74. The van der Waals surface area contributed by atoms with E-state index in [0.29, 0.717) is 5.92 Å². The lowest BCUT2D eigenvalue weighted by molar-refractivity contribution is -0.192. The van der Waals surface area contributed by atoms with Gasteiger partial charge in [0, 0.05) is 45.9 Å². The molecule has 27 heavy (non-hydrogen) atoms. The maximum absolute atomic E-state index is 11.4. The van der Waals surface area contributed by atoms with Crippen LogP contribution in [0.15, 0.2) is 0 Å². The summed E-state index contributed by atoms with van der Waals surface area (Å²) >= 11 is 0. The van der Waals surface area contributed by atoms with Gasteiger partial charge in [-0.3, -0.25) is 9.69 Å². The molecule has 2 heterocycles. The first kappa shape index (κ1) is 21.9. The summed E-state index contributed by atoms with van der Waals surface area (Å²) in [7, 11) is 0. The number of carbonyl (C=O) groups is 2. The zero-order valence-corrected chi connectivity index (χ0v) is 15.2. The summed E-state index contributed by atoms with van der Waals surface area (Å²) in [6.45, 7) is 6.86. The fraction of sp³-hybridized carbons (Fsp3) is 0.882. The maximum atomic E-state index is 11.4. The number of carboxylic acid groups (broad SMARTS) is 2. The van der Waals surface area contributed by atoms with Crippen molar-refractivity contribution >= 4 is 11.9 Å². The Kier molecular flexibility index (Phi) is 7.87. The third-order valence-corrected chi connectivity index (χ3v) is 5.22. The smallest absolute Gasteiger partial charge is 0.480 e. The number of hydrogen-bond donors (Lipinski definition) is 2. The summed E-state index contributed by atoms with van der Waals surface area (Å²) in [4.78, 5) is 25.0. The predicted octanol–water partition coefficient (Wildman–Crippen LogP) is 1.53. The van der Waals surface area contributed by atoms with E-state index in [-0.39, 0.29) is 6.04 Å². The molecule has 1 atom stereocenters. The molecule has 3 fully saturated rings. The van der Waals surface area contributed by atoms with Crippen LogP contribution in [-0.4, -0.2) is 90.1 Å². The van der Waals surface area contributed by atoms with E-state index in [1.807, 2.05) is 0 Å². The van der Waals surface area contributed by atoms with Crippen LogP contribution >= 0.6 is 0 Å². The highest BCUT2D eigenvalue weighted by Crippen LogP contribution is 2.36. The third kappa shape index (κ3) is 7.27. The summed E-state index contributed by atoms with van der Waals surface area (Å²) in [6, 6.07) is -0.222. The van der Waals surface area contributed by atoms with Gasteiger partial charge in [0.1, 0.15) is 6.04 Å². The highest BCUT2D eigenvalue weighted by Gasteiger charge is 2.41. The average Bonchev–Trinajstić information content (AvgIpc) is 3.42. The van der Waals surface area contributed by atoms with Crippen molar-refractivity contribution in [2.45, 2.75) is 37.9 Å². The molecule has 3 aliphatic rings. The van der Waals surface area contributed by atoms with E-state index < -0.39 is 18.1 Å². The van der Waals surface area contributed by atoms with Gasteiger partial charge in [-0.05, 0) is 37.5 Å². The molecule has 2 saturated heterocycles. The van der Waals surface area contributed by atoms with E-state index in [0.717, 1.165) is 58.2 Å². The normalized spacial score (nSPS) is 24.0. The number of nitrogens with zero attached hydrogens (tertiary/aromatic N) is 2. The average molecular weight is 396 g/mol. The number of ether oxygens (including phenoxy) is 1. The first-order valence-electron chi connectivity index (χ1n) is 9.25. The van der Waals surface area contributed by atoms with Crippen molar-refractivity contribution in [1.82, 2.24) is 9.80 Å². The summed E-state index contributed by atoms with van der Waals surface area (Å²) in [6.07, 6.45) is -0.529. The Balaban J connectivity index is 0.000000321. The van der Waals surface area contributed by atoms with Crippen molar-refractivity contribution in [3.05, 3.63) is 0 Å². The third-order valence-electron chi connectivity index (χ3n) is 5.22. The molecule has 2 aliphatic heterocycles. The summed E-state index contributed by atoms with van der Waals surface area (Å²) in [5, 5.41) is 16.5. The Morgan fingerprint density at radius 3 is 1.93 bits per heavy atom. The van der Waals surface area contributed by atoms with Gasteiger partial charge in [0.2, 0.25) is 0 Å². The summed E-state index contributed by atoms with van der Waals surface area (Å²) < 4.78 is 37.1. The van der Waals surface area contributed by atoms with Crippen LogP contribution in [0.2, 0.25) is 0 Å². The second-order valence-corrected chi connectivity index (χ2v) is 7.32. The van der Waals surface area contributed by atoms with Crippen molar-refractivity contribution in [1.29, 1.82) is 0 Å². The van der Waals surface area contributed by atoms with Crippen molar-refractivity contribution in [3.63, 3.8) is 0 Å². The minimum atomic E-state index is -5.08. The molecule has 3 rings (SSSR count). The van der Waals surface area contributed by atoms with Crippen LogP contribution in [0.1, 0.15) is 25.7 Å². The second kappa shape index (κ2) is 9.70. The molecule has 0 amide bonds. The van der Waals surface area contributed by atoms with Crippen molar-refractivity contribution in [2.75, 3.05) is 45.9 Å². The number of rotatable bonds is 5. The van der Waals surface area contributed by atoms with Crippen LogP contribution in [0.5, 0.6) is 0 Å². The maximum Gasteiger partial charge on any atom is 0.490 e. The van der Waals surface area contributed by atoms with Gasteiger partial charge in [-0.25, -0.2) is 4.79 Å². The first-order chi connectivity index (χ1) is 12.7. The van der Waals surface area contributed by atoms with Crippen LogP contribution in [-0.2, 0) is 14.3 Å². The van der Waals surface area contributed by atoms with Gasteiger partial charge in [-0.2, -0.15) is 13.2 Å². The molecule has 0 spiro atoms. The number of hydrogen-bond acceptors (Lipinski definition) is 5. The fourth-order valence-electron chi connectivity index (χ4n) is 3.59. The monoisotopic (exact) mass is 396 g/mol. The molecule has 0 bridgehead atoms. The lowest BCUT2D eigenvalue weighted by Gasteiger charge is -2.39. The Morgan fingerprint density at radius 1 is 1.00 bits per heavy atom. The molecule has 10 heteroatoms. The van der Waals surface area contributed by atoms with E-state index in [1.165, 1.54) is 19.4 Å². The van der Waals surface area contributed by atoms with Gasteiger partial charge in [0.05, 0.1) is 0 Å². The minimum absolute atomic E-state index is 0.222. The number of piperazine rings is 1. The highest BCUT2D eigenvalue weighted by atomic mass is 19.4. The minimum Gasteiger partial charge on any atom is -0.480 e. The number of aliphatic carboxylic acids is 2. The number of halogens is 3. The van der Waals surface area contributed by atoms with E-state index in [9.17, 15) is 23.1 Å². The molecular weight excluding hydrogens is 369 g/mol. The Labute approximate surface area is 156 Å². The van der Waals surface area contributed by atoms with Crippen LogP contribution in [0.4, 0.5) is 13.2 Å². The quantitative estimate of drug-likeness (QED) is 0.728. The predicted molar refractivity (Wildman–Crippen MR) is 89.4 cm³/mol. The Morgan fingerprint density at radius 2 is 1.52 bits per heavy atom. The number of alkyl halides is 3. The molecule has 0 aromatic heterocycles. The van der Waals surface area contributed by atoms with Gasteiger partial charge >= 0.3 is 18.1 Å². The zero-order chi connectivity index (χ0) is 20.0. The first-order valence-corrected chi connectivity index (χ1v) is 9.25. The van der Waals surface area contributed by atoms with Crippen LogP contribution in [0, 0.1) is 11.8 Å². The summed E-state index contributed by atoms with van der Waals surface area (Å²) in [5.41, 5.74) is 0. The van der Waals surface area contributed by atoms with Gasteiger partial charge in [-0.15, -0.1) is 0 Å². The van der Waals surface area contributed by atoms with Crippen LogP contribution in [0.25, 0.3) is 0 Å². The van der Waals surface area contributed by atoms with Crippen molar-refractivity contribution in [2.24, 2.45) is 11.8 Å². The molecule has 1 aliphatic carbocycles. The van der Waals surface area contributed by atoms with E-state index >= 15 is 0 Å². The molecule has 2 N–H and O–H groups in total. The van der Waals surface area contributed by atoms with Gasteiger partial charge in [-0.1, -0.05) is 0 Å². The van der Waals surface area contributed by atoms with E-state index in [2.05, 4.69) is 9.80 Å². The lowest BCUT2D eigenvalue weighted by atomic mass is 9.99. The standard InChI is InChI=1S/C15H26N2O3.C2HF3O2/c18-15(19)14(13-1-2-13)17-7-5-16(6-8-17)11-12-3-9-20-10-4-12;3-2(4,5)1(6)7/h12-14H,1-11H2,(H,18,19);(H,6,7). The van der Waals surface area contributed by atoms with Crippen LogP contribution < -0.4 is 0 Å². The van der Waals surface area contributed by atoms with Gasteiger partial charge in [0.25, 0.3) is 0 Å². The van der Waals surface area contributed by atoms with Gasteiger partial charge in [0.15, 0.2) is 0 Å². The SMILES string of the molecule is O=C(O)C(C1CC1)N1CCN(CC2CCOCC2)CC1.O=C(O)C(F)(F)F. The van der Waals surface area contributed by atoms with E-state index in [1.54, 1.807) is 0 Å². The van der Waals surface area contributed by atoms with Gasteiger partial charge < -0.3 is 19.8 Å². The molecule has 1 unspecified atom stereocenters. The number of carboxylic acids is 2. The molecular formula is C17H27F3N2O5. The zero-order valence-electron chi connectivity index (χ0n) is 15.2. The van der Waals surface area contributed by atoms with Crippen molar-refractivity contribution < 1.29 is 37.7 Å². The van der Waals surface area contributed by atoms with E-state index in [4.69, 9.17) is 14.6 Å². The fourth-order valence-corrected chi connectivity index (χ4v) is 3.59. The lowest BCUT2D eigenvalue weighted by Crippen LogP contribution is -2.54. The molecule has 0 aromatic carbocycles. The largest absolute Gasteiger partial charge is 0.490 e. The van der Waals surface area contributed by atoms with Crippen molar-refractivity contribution in [3.8, 4) is 0 Å². The topological polar surface area (TPSA) is 90.3 Å². The second-order valence-electron chi connectivity index (χ2n) is 7.32. The molecule has 0 aromatic rings. The molecule has 156 valence electrons. The summed E-state index contributed by atoms with van der Waals surface area (Å²) in [5.74, 6) is -2.19. The van der Waals surface area contributed by atoms with Crippen LogP contribution in [0.3, 0.4) is 0 Å².